The number of aromatic nitrogens is 1. The first kappa shape index (κ1) is 29.8. The van der Waals surface area contributed by atoms with E-state index in [1.807, 2.05) is 57.2 Å². The molecule has 0 radical (unpaired) electrons. The highest BCUT2D eigenvalue weighted by Gasteiger charge is 2.25. The lowest BCUT2D eigenvalue weighted by Gasteiger charge is -2.37. The van der Waals surface area contributed by atoms with Crippen molar-refractivity contribution in [3.63, 3.8) is 0 Å². The number of hydrogen-bond donors (Lipinski definition) is 3. The van der Waals surface area contributed by atoms with Gasteiger partial charge < -0.3 is 25.3 Å². The molecule has 0 bridgehead atoms. The Hall–Kier alpha value is -4.17. The molecule has 1 aliphatic rings. The van der Waals surface area contributed by atoms with Crippen molar-refractivity contribution in [2.45, 2.75) is 59.7 Å². The number of aryl methyl sites for hydroxylation is 2. The predicted molar refractivity (Wildman–Crippen MR) is 163 cm³/mol. The smallest absolute Gasteiger partial charge is 0.253 e. The second kappa shape index (κ2) is 13.5. The summed E-state index contributed by atoms with van der Waals surface area (Å²) >= 11 is 0. The Morgan fingerprint density at radius 2 is 1.80 bits per heavy atom. The normalized spacial score (nSPS) is 13.5. The maximum atomic E-state index is 13.7. The molecular weight excluding hydrogens is 516 g/mol. The molecule has 0 saturated carbocycles. The van der Waals surface area contributed by atoms with E-state index in [4.69, 9.17) is 4.74 Å². The number of aromatic amines is 1. The van der Waals surface area contributed by atoms with Crippen LogP contribution in [0.25, 0.3) is 11.1 Å². The van der Waals surface area contributed by atoms with Gasteiger partial charge in [0.25, 0.3) is 11.5 Å². The van der Waals surface area contributed by atoms with Crippen molar-refractivity contribution in [3.05, 3.63) is 99.0 Å². The van der Waals surface area contributed by atoms with Gasteiger partial charge in [0.05, 0.1) is 0 Å². The zero-order chi connectivity index (χ0) is 29.5. The van der Waals surface area contributed by atoms with Crippen LogP contribution in [0.1, 0.15) is 58.1 Å². The van der Waals surface area contributed by atoms with Crippen LogP contribution in [-0.4, -0.2) is 42.6 Å². The highest BCUT2D eigenvalue weighted by molar-refractivity contribution is 5.99. The molecule has 8 heteroatoms. The lowest BCUT2D eigenvalue weighted by atomic mass is 9.94. The highest BCUT2D eigenvalue weighted by Crippen LogP contribution is 2.34. The largest absolute Gasteiger partial charge is 0.381 e. The first-order valence-corrected chi connectivity index (χ1v) is 14.2. The molecule has 3 aromatic rings. The number of pyridine rings is 1. The standard InChI is InChI=1S/C33H40N4O4/c1-6-31(38)34-19-24-9-8-10-25(16-24)26-17-28(32(39)35-20-29-21(3)15-22(4)36-33(29)40)23(5)30(18-26)37(7-2)27-11-13-41-14-12-27/h6,8-10,15-18,27H,1,7,11-14,19-20H2,2-5H3,(H,34,38)(H,35,39)(H,36,40). The van der Waals surface area contributed by atoms with E-state index < -0.39 is 0 Å². The topological polar surface area (TPSA) is 104 Å². The van der Waals surface area contributed by atoms with E-state index in [2.05, 4.69) is 40.1 Å². The van der Waals surface area contributed by atoms with Gasteiger partial charge in [-0.15, -0.1) is 0 Å². The molecule has 2 amide bonds. The van der Waals surface area contributed by atoms with Gasteiger partial charge in [0.1, 0.15) is 0 Å². The van der Waals surface area contributed by atoms with Crippen molar-refractivity contribution >= 4 is 17.5 Å². The van der Waals surface area contributed by atoms with Crippen LogP contribution >= 0.6 is 0 Å². The van der Waals surface area contributed by atoms with Crippen LogP contribution in [0.2, 0.25) is 0 Å². The first-order chi connectivity index (χ1) is 19.7. The fraction of sp³-hybridized carbons (Fsp3) is 0.364. The summed E-state index contributed by atoms with van der Waals surface area (Å²) in [5.74, 6) is -0.466. The molecule has 0 spiro atoms. The van der Waals surface area contributed by atoms with Crippen molar-refractivity contribution in [3.8, 4) is 11.1 Å². The highest BCUT2D eigenvalue weighted by atomic mass is 16.5. The number of carbonyl (C=O) groups excluding carboxylic acids is 2. The molecule has 4 rings (SSSR count). The summed E-state index contributed by atoms with van der Waals surface area (Å²) in [6, 6.07) is 14.2. The second-order valence-electron chi connectivity index (χ2n) is 10.5. The van der Waals surface area contributed by atoms with Gasteiger partial charge >= 0.3 is 0 Å². The lowest BCUT2D eigenvalue weighted by Crippen LogP contribution is -2.40. The summed E-state index contributed by atoms with van der Waals surface area (Å²) in [6.45, 7) is 14.1. The number of H-pyrrole nitrogens is 1. The third-order valence-electron chi connectivity index (χ3n) is 7.74. The Morgan fingerprint density at radius 3 is 2.49 bits per heavy atom. The van der Waals surface area contributed by atoms with Crippen molar-refractivity contribution in [1.82, 2.24) is 15.6 Å². The Morgan fingerprint density at radius 1 is 1.05 bits per heavy atom. The monoisotopic (exact) mass is 556 g/mol. The number of rotatable bonds is 10. The number of amides is 2. The second-order valence-corrected chi connectivity index (χ2v) is 10.5. The van der Waals surface area contributed by atoms with Crippen LogP contribution < -0.4 is 21.1 Å². The maximum absolute atomic E-state index is 13.7. The van der Waals surface area contributed by atoms with Crippen LogP contribution in [0.15, 0.2) is 59.9 Å². The Kier molecular flexibility index (Phi) is 9.78. The summed E-state index contributed by atoms with van der Waals surface area (Å²) in [5, 5.41) is 5.82. The molecule has 0 aliphatic carbocycles. The molecule has 41 heavy (non-hydrogen) atoms. The first-order valence-electron chi connectivity index (χ1n) is 14.2. The number of hydrogen-bond acceptors (Lipinski definition) is 5. The molecule has 1 saturated heterocycles. The van der Waals surface area contributed by atoms with Gasteiger partial charge in [0, 0.05) is 61.4 Å². The molecule has 8 nitrogen and oxygen atoms in total. The minimum Gasteiger partial charge on any atom is -0.381 e. The minimum absolute atomic E-state index is 0.134. The summed E-state index contributed by atoms with van der Waals surface area (Å²) in [6.07, 6.45) is 3.10. The predicted octanol–water partition coefficient (Wildman–Crippen LogP) is 4.70. The Bertz CT molecular complexity index is 1490. The molecule has 0 atom stereocenters. The summed E-state index contributed by atoms with van der Waals surface area (Å²) in [5.41, 5.74) is 7.24. The molecule has 2 heterocycles. The number of ether oxygens (including phenoxy) is 1. The van der Waals surface area contributed by atoms with Crippen LogP contribution in [0.4, 0.5) is 5.69 Å². The van der Waals surface area contributed by atoms with Crippen molar-refractivity contribution in [2.24, 2.45) is 0 Å². The van der Waals surface area contributed by atoms with E-state index in [9.17, 15) is 14.4 Å². The van der Waals surface area contributed by atoms with Crippen molar-refractivity contribution in [1.29, 1.82) is 0 Å². The average molecular weight is 557 g/mol. The third-order valence-corrected chi connectivity index (χ3v) is 7.74. The molecule has 1 aromatic heterocycles. The van der Waals surface area contributed by atoms with E-state index in [0.717, 1.165) is 71.8 Å². The van der Waals surface area contributed by atoms with E-state index in [-0.39, 0.29) is 23.9 Å². The van der Waals surface area contributed by atoms with Gasteiger partial charge in [-0.2, -0.15) is 0 Å². The van der Waals surface area contributed by atoms with Gasteiger partial charge in [0.15, 0.2) is 0 Å². The molecule has 1 fully saturated rings. The van der Waals surface area contributed by atoms with Crippen molar-refractivity contribution < 1.29 is 14.3 Å². The fourth-order valence-electron chi connectivity index (χ4n) is 5.51. The zero-order valence-electron chi connectivity index (χ0n) is 24.4. The van der Waals surface area contributed by atoms with Gasteiger partial charge in [0.2, 0.25) is 5.91 Å². The van der Waals surface area contributed by atoms with Crippen LogP contribution in [-0.2, 0) is 22.6 Å². The average Bonchev–Trinajstić information content (AvgIpc) is 2.97. The van der Waals surface area contributed by atoms with Crippen molar-refractivity contribution in [2.75, 3.05) is 24.7 Å². The molecule has 3 N–H and O–H groups in total. The fourth-order valence-corrected chi connectivity index (χ4v) is 5.51. The van der Waals surface area contributed by atoms with E-state index >= 15 is 0 Å². The lowest BCUT2D eigenvalue weighted by molar-refractivity contribution is -0.116. The molecular formula is C33H40N4O4. The van der Waals surface area contributed by atoms with Gasteiger partial charge in [-0.25, -0.2) is 0 Å². The quantitative estimate of drug-likeness (QED) is 0.314. The maximum Gasteiger partial charge on any atom is 0.253 e. The van der Waals surface area contributed by atoms with Crippen LogP contribution in [0, 0.1) is 20.8 Å². The molecule has 2 aromatic carbocycles. The Balaban J connectivity index is 1.73. The summed E-state index contributed by atoms with van der Waals surface area (Å²) in [7, 11) is 0. The van der Waals surface area contributed by atoms with E-state index in [0.29, 0.717) is 23.7 Å². The van der Waals surface area contributed by atoms with Gasteiger partial charge in [-0.05, 0) is 98.7 Å². The molecule has 0 unspecified atom stereocenters. The number of carbonyl (C=O) groups is 2. The van der Waals surface area contributed by atoms with Gasteiger partial charge in [-0.1, -0.05) is 24.8 Å². The number of nitrogens with zero attached hydrogens (tertiary/aromatic N) is 1. The SMILES string of the molecule is C=CC(=O)NCc1cccc(-c2cc(C(=O)NCc3c(C)cc(C)[nH]c3=O)c(C)c(N(CC)C3CCOCC3)c2)c1. The zero-order valence-corrected chi connectivity index (χ0v) is 24.4. The summed E-state index contributed by atoms with van der Waals surface area (Å²) in [4.78, 5) is 43.2. The number of nitrogens with one attached hydrogen (secondary N) is 3. The molecule has 1 aliphatic heterocycles. The summed E-state index contributed by atoms with van der Waals surface area (Å²) < 4.78 is 5.62. The van der Waals surface area contributed by atoms with Crippen LogP contribution in [0.3, 0.4) is 0 Å². The van der Waals surface area contributed by atoms with E-state index in [1.54, 1.807) is 0 Å². The number of benzene rings is 2. The number of anilines is 1. The van der Waals surface area contributed by atoms with Gasteiger partial charge in [-0.3, -0.25) is 14.4 Å². The van der Waals surface area contributed by atoms with Crippen LogP contribution in [0.5, 0.6) is 0 Å². The van der Waals surface area contributed by atoms with E-state index in [1.165, 1.54) is 6.08 Å². The molecule has 216 valence electrons. The Labute approximate surface area is 241 Å². The third kappa shape index (κ3) is 7.13. The minimum atomic E-state index is -0.234.